The van der Waals surface area contributed by atoms with Gasteiger partial charge in [0.1, 0.15) is 5.01 Å². The average molecular weight is 377 g/mol. The molecule has 1 atom stereocenters. The van der Waals surface area contributed by atoms with E-state index in [1.54, 1.807) is 22.7 Å². The molecule has 2 aromatic heterocycles. The first kappa shape index (κ1) is 17.2. The molecule has 26 heavy (non-hydrogen) atoms. The van der Waals surface area contributed by atoms with Gasteiger partial charge in [-0.25, -0.2) is 4.98 Å². The Balaban J connectivity index is 1.54. The Morgan fingerprint density at radius 2 is 1.69 bits per heavy atom. The molecular weight excluding hydrogens is 356 g/mol. The van der Waals surface area contributed by atoms with Gasteiger partial charge in [-0.2, -0.15) is 11.3 Å². The van der Waals surface area contributed by atoms with Crippen LogP contribution in [0.1, 0.15) is 28.4 Å². The second-order valence-electron chi connectivity index (χ2n) is 6.29. The van der Waals surface area contributed by atoms with Crippen LogP contribution in [0, 0.1) is 6.92 Å². The van der Waals surface area contributed by atoms with Gasteiger partial charge in [0, 0.05) is 22.9 Å². The third-order valence-electron chi connectivity index (χ3n) is 4.35. The molecule has 0 aliphatic rings. The maximum Gasteiger partial charge on any atom is 0.124 e. The number of aryl methyl sites for hydroxylation is 1. The van der Waals surface area contributed by atoms with Crippen LogP contribution < -0.4 is 5.32 Å². The molecule has 0 saturated heterocycles. The summed E-state index contributed by atoms with van der Waals surface area (Å²) in [4.78, 5) is 4.79. The number of thiophene rings is 1. The zero-order valence-corrected chi connectivity index (χ0v) is 16.2. The lowest BCUT2D eigenvalue weighted by Crippen LogP contribution is -2.22. The minimum absolute atomic E-state index is 0.156. The van der Waals surface area contributed by atoms with E-state index < -0.39 is 0 Å². The first-order chi connectivity index (χ1) is 12.8. The lowest BCUT2D eigenvalue weighted by molar-refractivity contribution is 0.599. The highest BCUT2D eigenvalue weighted by atomic mass is 32.1. The molecule has 1 N–H and O–H groups in total. The number of thiazole rings is 1. The van der Waals surface area contributed by atoms with Gasteiger partial charge in [0.25, 0.3) is 0 Å². The number of hydrogen-bond acceptors (Lipinski definition) is 4. The summed E-state index contributed by atoms with van der Waals surface area (Å²) in [7, 11) is 0. The van der Waals surface area contributed by atoms with Crippen molar-refractivity contribution in [3.05, 3.63) is 99.2 Å². The van der Waals surface area contributed by atoms with Crippen molar-refractivity contribution >= 4 is 22.7 Å². The summed E-state index contributed by atoms with van der Waals surface area (Å²) in [5.74, 6) is 0. The van der Waals surface area contributed by atoms with E-state index in [2.05, 4.69) is 89.0 Å². The maximum atomic E-state index is 4.79. The second kappa shape index (κ2) is 7.96. The Labute approximate surface area is 162 Å². The van der Waals surface area contributed by atoms with Crippen molar-refractivity contribution in [1.82, 2.24) is 10.3 Å². The molecule has 0 saturated carbocycles. The van der Waals surface area contributed by atoms with Crippen LogP contribution in [0.25, 0.3) is 10.6 Å². The van der Waals surface area contributed by atoms with Crippen LogP contribution >= 0.6 is 22.7 Å². The van der Waals surface area contributed by atoms with Crippen molar-refractivity contribution in [2.45, 2.75) is 19.5 Å². The van der Waals surface area contributed by atoms with E-state index in [4.69, 9.17) is 4.98 Å². The Kier molecular flexibility index (Phi) is 5.25. The first-order valence-corrected chi connectivity index (χ1v) is 10.4. The van der Waals surface area contributed by atoms with Gasteiger partial charge in [-0.1, -0.05) is 60.2 Å². The van der Waals surface area contributed by atoms with Gasteiger partial charge in [0.15, 0.2) is 0 Å². The average Bonchev–Trinajstić information content (AvgIpc) is 3.36. The molecule has 0 unspecified atom stereocenters. The van der Waals surface area contributed by atoms with Crippen LogP contribution in [-0.4, -0.2) is 4.98 Å². The lowest BCUT2D eigenvalue weighted by Gasteiger charge is -2.19. The number of hydrogen-bond donors (Lipinski definition) is 1. The van der Waals surface area contributed by atoms with E-state index in [-0.39, 0.29) is 6.04 Å². The highest BCUT2D eigenvalue weighted by molar-refractivity contribution is 7.14. The van der Waals surface area contributed by atoms with Gasteiger partial charge >= 0.3 is 0 Å². The molecular formula is C22H20N2S2. The Morgan fingerprint density at radius 1 is 0.923 bits per heavy atom. The van der Waals surface area contributed by atoms with Crippen LogP contribution in [0.3, 0.4) is 0 Å². The molecule has 0 aliphatic heterocycles. The maximum absolute atomic E-state index is 4.79. The summed E-state index contributed by atoms with van der Waals surface area (Å²) in [5, 5.41) is 11.2. The zero-order chi connectivity index (χ0) is 17.8. The molecule has 0 amide bonds. The monoisotopic (exact) mass is 376 g/mol. The van der Waals surface area contributed by atoms with E-state index in [0.29, 0.717) is 0 Å². The summed E-state index contributed by atoms with van der Waals surface area (Å²) in [5.41, 5.74) is 6.12. The standard InChI is InChI=1S/C22H20N2S2/c1-16-7-9-18(10-8-16)21(17-5-3-2-4-6-17)23-13-20-15-26-22(24-20)19-11-12-25-14-19/h2-12,14-15,21,23H,13H2,1H3/t21-/m1/s1. The van der Waals surface area contributed by atoms with E-state index in [0.717, 1.165) is 17.2 Å². The lowest BCUT2D eigenvalue weighted by atomic mass is 9.98. The third kappa shape index (κ3) is 3.93. The van der Waals surface area contributed by atoms with Crippen LogP contribution in [0.2, 0.25) is 0 Å². The largest absolute Gasteiger partial charge is 0.301 e. The van der Waals surface area contributed by atoms with Crippen LogP contribution in [-0.2, 0) is 6.54 Å². The fourth-order valence-corrected chi connectivity index (χ4v) is 4.48. The molecule has 0 radical (unpaired) electrons. The van der Waals surface area contributed by atoms with Gasteiger partial charge in [0.05, 0.1) is 11.7 Å². The quantitative estimate of drug-likeness (QED) is 0.442. The molecule has 0 aliphatic carbocycles. The van der Waals surface area contributed by atoms with Crippen LogP contribution in [0.15, 0.2) is 76.8 Å². The summed E-state index contributed by atoms with van der Waals surface area (Å²) < 4.78 is 0. The van der Waals surface area contributed by atoms with Gasteiger partial charge in [0.2, 0.25) is 0 Å². The van der Waals surface area contributed by atoms with Crippen molar-refractivity contribution in [3.8, 4) is 10.6 Å². The Bertz CT molecular complexity index is 942. The number of nitrogens with zero attached hydrogens (tertiary/aromatic N) is 1. The molecule has 2 nitrogen and oxygen atoms in total. The molecule has 4 aromatic rings. The Hall–Kier alpha value is -2.27. The molecule has 2 aromatic carbocycles. The highest BCUT2D eigenvalue weighted by Crippen LogP contribution is 2.27. The molecule has 0 fully saturated rings. The SMILES string of the molecule is Cc1ccc([C@H](NCc2csc(-c3ccsc3)n2)c2ccccc2)cc1. The predicted molar refractivity (Wildman–Crippen MR) is 112 cm³/mol. The van der Waals surface area contributed by atoms with Crippen LogP contribution in [0.4, 0.5) is 0 Å². The minimum atomic E-state index is 0.156. The molecule has 0 spiro atoms. The van der Waals surface area contributed by atoms with E-state index in [9.17, 15) is 0 Å². The summed E-state index contributed by atoms with van der Waals surface area (Å²) >= 11 is 3.42. The minimum Gasteiger partial charge on any atom is -0.301 e. The third-order valence-corrected chi connectivity index (χ3v) is 5.97. The zero-order valence-electron chi connectivity index (χ0n) is 14.6. The first-order valence-electron chi connectivity index (χ1n) is 8.61. The summed E-state index contributed by atoms with van der Waals surface area (Å²) in [6, 6.07) is 21.6. The Morgan fingerprint density at radius 3 is 2.42 bits per heavy atom. The smallest absolute Gasteiger partial charge is 0.124 e. The van der Waals surface area contributed by atoms with Gasteiger partial charge in [-0.3, -0.25) is 0 Å². The molecule has 130 valence electrons. The molecule has 0 bridgehead atoms. The van der Waals surface area contributed by atoms with E-state index in [1.165, 1.54) is 22.3 Å². The number of aromatic nitrogens is 1. The normalized spacial score (nSPS) is 12.2. The molecule has 2 heterocycles. The number of nitrogens with one attached hydrogen (secondary N) is 1. The topological polar surface area (TPSA) is 24.9 Å². The van der Waals surface area contributed by atoms with Gasteiger partial charge < -0.3 is 5.32 Å². The van der Waals surface area contributed by atoms with Crippen LogP contribution in [0.5, 0.6) is 0 Å². The van der Waals surface area contributed by atoms with Gasteiger partial charge in [-0.05, 0) is 29.5 Å². The van der Waals surface area contributed by atoms with E-state index in [1.807, 2.05) is 0 Å². The summed E-state index contributed by atoms with van der Waals surface area (Å²) in [6.45, 7) is 2.87. The molecule has 4 heteroatoms. The molecule has 4 rings (SSSR count). The van der Waals surface area contributed by atoms with Crippen molar-refractivity contribution in [2.24, 2.45) is 0 Å². The summed E-state index contributed by atoms with van der Waals surface area (Å²) in [6.07, 6.45) is 0. The van der Waals surface area contributed by atoms with Crippen molar-refractivity contribution < 1.29 is 0 Å². The van der Waals surface area contributed by atoms with Crippen molar-refractivity contribution in [3.63, 3.8) is 0 Å². The van der Waals surface area contributed by atoms with Gasteiger partial charge in [-0.15, -0.1) is 11.3 Å². The fourth-order valence-electron chi connectivity index (χ4n) is 2.95. The second-order valence-corrected chi connectivity index (χ2v) is 7.93. The highest BCUT2D eigenvalue weighted by Gasteiger charge is 2.14. The van der Waals surface area contributed by atoms with E-state index >= 15 is 0 Å². The van der Waals surface area contributed by atoms with Crippen molar-refractivity contribution in [2.75, 3.05) is 0 Å². The number of benzene rings is 2. The predicted octanol–water partition coefficient (Wildman–Crippen LogP) is 6.06. The van der Waals surface area contributed by atoms with Crippen molar-refractivity contribution in [1.29, 1.82) is 0 Å². The fraction of sp³-hybridized carbons (Fsp3) is 0.136. The number of rotatable bonds is 6.